The Labute approximate surface area is 110 Å². The second-order valence-corrected chi connectivity index (χ2v) is 4.95. The first-order valence-corrected chi connectivity index (χ1v) is 6.10. The summed E-state index contributed by atoms with van der Waals surface area (Å²) in [6.07, 6.45) is 0. The number of aromatic nitrogens is 1. The third-order valence-corrected chi connectivity index (χ3v) is 3.29. The maximum atomic E-state index is 14.0. The molecule has 0 saturated heterocycles. The smallest absolute Gasteiger partial charge is 0.168 e. The van der Waals surface area contributed by atoms with Gasteiger partial charge in [-0.3, -0.25) is 5.84 Å². The van der Waals surface area contributed by atoms with Gasteiger partial charge in [-0.1, -0.05) is 25.4 Å². The van der Waals surface area contributed by atoms with Crippen molar-refractivity contribution in [2.45, 2.75) is 26.7 Å². The molecule has 0 amide bonds. The number of fused-ring (bicyclic) bond motifs is 1. The molecule has 0 aliphatic rings. The van der Waals surface area contributed by atoms with Gasteiger partial charge < -0.3 is 5.43 Å². The van der Waals surface area contributed by atoms with Crippen LogP contribution >= 0.6 is 11.6 Å². The Kier molecular flexibility index (Phi) is 3.41. The number of pyridine rings is 1. The fourth-order valence-electron chi connectivity index (χ4n) is 2.27. The highest BCUT2D eigenvalue weighted by Gasteiger charge is 2.17. The third-order valence-electron chi connectivity index (χ3n) is 3.00. The minimum Gasteiger partial charge on any atom is -0.323 e. The summed E-state index contributed by atoms with van der Waals surface area (Å²) in [6, 6.07) is 3.25. The molecule has 1 aromatic heterocycles. The van der Waals surface area contributed by atoms with Crippen LogP contribution in [-0.2, 0) is 0 Å². The average molecular weight is 268 g/mol. The van der Waals surface area contributed by atoms with Crippen LogP contribution in [0.1, 0.15) is 31.0 Å². The highest BCUT2D eigenvalue weighted by atomic mass is 35.5. The number of hydrazine groups is 1. The van der Waals surface area contributed by atoms with Crippen LogP contribution in [0.2, 0.25) is 5.02 Å². The fourth-order valence-corrected chi connectivity index (χ4v) is 2.42. The first kappa shape index (κ1) is 13.1. The van der Waals surface area contributed by atoms with Crippen molar-refractivity contribution in [2.75, 3.05) is 5.43 Å². The van der Waals surface area contributed by atoms with Crippen molar-refractivity contribution in [3.63, 3.8) is 0 Å². The molecule has 0 atom stereocenters. The van der Waals surface area contributed by atoms with Gasteiger partial charge >= 0.3 is 0 Å². The largest absolute Gasteiger partial charge is 0.323 e. The summed E-state index contributed by atoms with van der Waals surface area (Å²) < 4.78 is 14.0. The summed E-state index contributed by atoms with van der Waals surface area (Å²) in [7, 11) is 0. The lowest BCUT2D eigenvalue weighted by molar-refractivity contribution is 0.636. The van der Waals surface area contributed by atoms with E-state index in [1.54, 1.807) is 6.07 Å². The van der Waals surface area contributed by atoms with Gasteiger partial charge in [0.2, 0.25) is 0 Å². The molecule has 5 heteroatoms. The van der Waals surface area contributed by atoms with Gasteiger partial charge in [0.05, 0.1) is 10.7 Å². The summed E-state index contributed by atoms with van der Waals surface area (Å²) in [5.41, 5.74) is 5.36. The molecule has 0 saturated carbocycles. The van der Waals surface area contributed by atoms with Crippen molar-refractivity contribution in [3.05, 3.63) is 34.2 Å². The normalized spacial score (nSPS) is 11.3. The van der Waals surface area contributed by atoms with Crippen LogP contribution in [0.4, 0.5) is 10.1 Å². The van der Waals surface area contributed by atoms with Crippen molar-refractivity contribution in [1.82, 2.24) is 4.98 Å². The third kappa shape index (κ3) is 1.91. The maximum Gasteiger partial charge on any atom is 0.168 e. The van der Waals surface area contributed by atoms with Gasteiger partial charge in [-0.05, 0) is 25.0 Å². The van der Waals surface area contributed by atoms with Crippen molar-refractivity contribution in [1.29, 1.82) is 0 Å². The predicted octanol–water partition coefficient (Wildman–Crippen LogP) is 3.74. The number of nitrogens with two attached hydrogens (primary N) is 1. The fraction of sp³-hybridized carbons (Fsp3) is 0.308. The summed E-state index contributed by atoms with van der Waals surface area (Å²) in [5.74, 6) is 5.31. The molecule has 0 aliphatic heterocycles. The summed E-state index contributed by atoms with van der Waals surface area (Å²) in [4.78, 5) is 4.31. The van der Waals surface area contributed by atoms with Crippen LogP contribution in [0.15, 0.2) is 12.1 Å². The molecular formula is C13H15ClFN3. The van der Waals surface area contributed by atoms with Crippen LogP contribution in [0.5, 0.6) is 0 Å². The number of anilines is 1. The monoisotopic (exact) mass is 267 g/mol. The van der Waals surface area contributed by atoms with Crippen LogP contribution < -0.4 is 11.3 Å². The number of nitrogens with one attached hydrogen (secondary N) is 1. The van der Waals surface area contributed by atoms with E-state index in [1.165, 1.54) is 6.07 Å². The minimum absolute atomic E-state index is 0.0645. The molecule has 1 heterocycles. The number of benzene rings is 1. The quantitative estimate of drug-likeness (QED) is 0.644. The molecule has 2 rings (SSSR count). The molecule has 2 aromatic rings. The van der Waals surface area contributed by atoms with Gasteiger partial charge in [0.15, 0.2) is 5.82 Å². The standard InChI is InChI=1S/C13H15ClFN3/c1-6(2)10-7(3)17-13-8(12(10)18-16)4-5-9(14)11(13)15/h4-6H,16H2,1-3H3,(H,17,18). The minimum atomic E-state index is -0.510. The first-order chi connectivity index (χ1) is 8.47. The number of aryl methyl sites for hydroxylation is 1. The van der Waals surface area contributed by atoms with Gasteiger partial charge in [-0.15, -0.1) is 0 Å². The van der Waals surface area contributed by atoms with E-state index >= 15 is 0 Å². The number of hydrogen-bond donors (Lipinski definition) is 2. The molecular weight excluding hydrogens is 253 g/mol. The molecule has 3 nitrogen and oxygen atoms in total. The molecule has 3 N–H and O–H groups in total. The Bertz CT molecular complexity index is 611. The van der Waals surface area contributed by atoms with Crippen molar-refractivity contribution in [2.24, 2.45) is 5.84 Å². The molecule has 1 aromatic carbocycles. The molecule has 0 unspecified atom stereocenters. The molecule has 0 aliphatic carbocycles. The van der Waals surface area contributed by atoms with E-state index in [-0.39, 0.29) is 16.5 Å². The molecule has 18 heavy (non-hydrogen) atoms. The van der Waals surface area contributed by atoms with E-state index in [4.69, 9.17) is 17.4 Å². The highest BCUT2D eigenvalue weighted by Crippen LogP contribution is 2.35. The predicted molar refractivity (Wildman–Crippen MR) is 73.3 cm³/mol. The van der Waals surface area contributed by atoms with E-state index in [0.717, 1.165) is 11.3 Å². The highest BCUT2D eigenvalue weighted by molar-refractivity contribution is 6.31. The first-order valence-electron chi connectivity index (χ1n) is 5.72. The zero-order chi connectivity index (χ0) is 13.4. The second-order valence-electron chi connectivity index (χ2n) is 4.54. The van der Waals surface area contributed by atoms with E-state index in [2.05, 4.69) is 10.4 Å². The summed E-state index contributed by atoms with van der Waals surface area (Å²) in [6.45, 7) is 5.93. The lowest BCUT2D eigenvalue weighted by Gasteiger charge is -2.17. The Hall–Kier alpha value is -1.39. The molecule has 0 spiro atoms. The Morgan fingerprint density at radius 1 is 1.39 bits per heavy atom. The van der Waals surface area contributed by atoms with Gasteiger partial charge in [0.25, 0.3) is 0 Å². The second kappa shape index (κ2) is 4.71. The lowest BCUT2D eigenvalue weighted by Crippen LogP contribution is -2.13. The lowest BCUT2D eigenvalue weighted by atomic mass is 9.97. The van der Waals surface area contributed by atoms with Gasteiger partial charge in [-0.25, -0.2) is 9.37 Å². The Balaban J connectivity index is 2.93. The van der Waals surface area contributed by atoms with Gasteiger partial charge in [0, 0.05) is 16.6 Å². The molecule has 0 bridgehead atoms. The maximum absolute atomic E-state index is 14.0. The Morgan fingerprint density at radius 3 is 2.61 bits per heavy atom. The van der Waals surface area contributed by atoms with Gasteiger partial charge in [0.1, 0.15) is 5.52 Å². The van der Waals surface area contributed by atoms with Gasteiger partial charge in [-0.2, -0.15) is 0 Å². The van der Waals surface area contributed by atoms with E-state index < -0.39 is 5.82 Å². The van der Waals surface area contributed by atoms with E-state index in [9.17, 15) is 4.39 Å². The number of halogens is 2. The van der Waals surface area contributed by atoms with E-state index in [1.807, 2.05) is 20.8 Å². The number of hydrogen-bond acceptors (Lipinski definition) is 3. The molecule has 0 fully saturated rings. The SMILES string of the molecule is Cc1nc2c(F)c(Cl)ccc2c(NN)c1C(C)C. The van der Waals surface area contributed by atoms with E-state index in [0.29, 0.717) is 11.1 Å². The number of rotatable bonds is 2. The zero-order valence-corrected chi connectivity index (χ0v) is 11.3. The van der Waals surface area contributed by atoms with Crippen LogP contribution in [0, 0.1) is 12.7 Å². The van der Waals surface area contributed by atoms with Crippen LogP contribution in [0.25, 0.3) is 10.9 Å². The topological polar surface area (TPSA) is 50.9 Å². The Morgan fingerprint density at radius 2 is 2.06 bits per heavy atom. The van der Waals surface area contributed by atoms with Crippen molar-refractivity contribution >= 4 is 28.2 Å². The number of nitrogen functional groups attached to an aromatic ring is 1. The van der Waals surface area contributed by atoms with Crippen LogP contribution in [0.3, 0.4) is 0 Å². The molecule has 96 valence electrons. The van der Waals surface area contributed by atoms with Crippen LogP contribution in [-0.4, -0.2) is 4.98 Å². The van der Waals surface area contributed by atoms with Crippen molar-refractivity contribution in [3.8, 4) is 0 Å². The summed E-state index contributed by atoms with van der Waals surface area (Å²) in [5, 5.41) is 0.711. The number of nitrogens with zero attached hydrogens (tertiary/aromatic N) is 1. The van der Waals surface area contributed by atoms with Crippen molar-refractivity contribution < 1.29 is 4.39 Å². The zero-order valence-electron chi connectivity index (χ0n) is 10.5. The average Bonchev–Trinajstić information content (AvgIpc) is 2.32. The summed E-state index contributed by atoms with van der Waals surface area (Å²) >= 11 is 5.77. The molecule has 0 radical (unpaired) electrons.